The molecular formula is C8H6BrClN2. The largest absolute Gasteiger partial charge is 0.336 e. The number of aromatic nitrogens is 2. The lowest BCUT2D eigenvalue weighted by molar-refractivity contribution is 0.948. The molecule has 0 saturated carbocycles. The zero-order chi connectivity index (χ0) is 8.72. The van der Waals surface area contributed by atoms with Crippen LogP contribution in [0.1, 0.15) is 0 Å². The van der Waals surface area contributed by atoms with Gasteiger partial charge in [0, 0.05) is 18.6 Å². The van der Waals surface area contributed by atoms with Crippen LogP contribution in [0, 0.1) is 0 Å². The summed E-state index contributed by atoms with van der Waals surface area (Å²) in [6, 6.07) is 3.97. The van der Waals surface area contributed by atoms with Crippen LogP contribution in [0.25, 0.3) is 11.0 Å². The standard InChI is InChI=1S/C8H6BrClN2/c1-12-3-2-5-4-6(9)7(10)11-8(5)12/h2-4H,1H3. The second-order valence-corrected chi connectivity index (χ2v) is 3.81. The number of nitrogens with zero attached hydrogens (tertiary/aromatic N) is 2. The maximum absolute atomic E-state index is 5.85. The lowest BCUT2D eigenvalue weighted by Gasteiger charge is -1.97. The second kappa shape index (κ2) is 2.75. The predicted octanol–water partition coefficient (Wildman–Crippen LogP) is 2.99. The fraction of sp³-hybridized carbons (Fsp3) is 0.125. The van der Waals surface area contributed by atoms with Gasteiger partial charge in [0.2, 0.25) is 0 Å². The highest BCUT2D eigenvalue weighted by molar-refractivity contribution is 9.10. The molecule has 0 N–H and O–H groups in total. The highest BCUT2D eigenvalue weighted by atomic mass is 79.9. The van der Waals surface area contributed by atoms with E-state index < -0.39 is 0 Å². The fourth-order valence-electron chi connectivity index (χ4n) is 1.14. The van der Waals surface area contributed by atoms with Crippen molar-refractivity contribution >= 4 is 38.6 Å². The molecule has 0 spiro atoms. The molecule has 0 unspecified atom stereocenters. The summed E-state index contributed by atoms with van der Waals surface area (Å²) in [5.74, 6) is 0. The third kappa shape index (κ3) is 1.13. The Balaban J connectivity index is 2.87. The minimum Gasteiger partial charge on any atom is -0.336 e. The van der Waals surface area contributed by atoms with Crippen LogP contribution >= 0.6 is 27.5 Å². The van der Waals surface area contributed by atoms with Crippen molar-refractivity contribution in [3.63, 3.8) is 0 Å². The zero-order valence-corrected chi connectivity index (χ0v) is 8.72. The molecular weight excluding hydrogens is 239 g/mol. The monoisotopic (exact) mass is 244 g/mol. The van der Waals surface area contributed by atoms with E-state index in [-0.39, 0.29) is 0 Å². The van der Waals surface area contributed by atoms with Crippen LogP contribution in [0.4, 0.5) is 0 Å². The van der Waals surface area contributed by atoms with Gasteiger partial charge in [-0.05, 0) is 28.1 Å². The molecule has 0 aliphatic rings. The van der Waals surface area contributed by atoms with Crippen molar-refractivity contribution in [1.82, 2.24) is 9.55 Å². The molecule has 2 aromatic heterocycles. The smallest absolute Gasteiger partial charge is 0.145 e. The second-order valence-electron chi connectivity index (χ2n) is 2.60. The lowest BCUT2D eigenvalue weighted by atomic mass is 10.3. The summed E-state index contributed by atoms with van der Waals surface area (Å²) in [6.45, 7) is 0. The Morgan fingerprint density at radius 3 is 3.08 bits per heavy atom. The average molecular weight is 246 g/mol. The summed E-state index contributed by atoms with van der Waals surface area (Å²) in [6.07, 6.45) is 1.96. The van der Waals surface area contributed by atoms with E-state index in [1.54, 1.807) is 0 Å². The SMILES string of the molecule is Cn1ccc2cc(Br)c(Cl)nc21. The molecule has 0 aromatic carbocycles. The van der Waals surface area contributed by atoms with Crippen LogP contribution in [0.2, 0.25) is 5.15 Å². The highest BCUT2D eigenvalue weighted by Crippen LogP contribution is 2.24. The maximum Gasteiger partial charge on any atom is 0.145 e. The Bertz CT molecular complexity index is 436. The van der Waals surface area contributed by atoms with Crippen molar-refractivity contribution in [2.75, 3.05) is 0 Å². The Kier molecular flexibility index (Phi) is 1.85. The average Bonchev–Trinajstić information content (AvgIpc) is 2.35. The van der Waals surface area contributed by atoms with Crippen LogP contribution in [0.3, 0.4) is 0 Å². The van der Waals surface area contributed by atoms with Crippen molar-refractivity contribution in [2.24, 2.45) is 7.05 Å². The fourth-order valence-corrected chi connectivity index (χ4v) is 1.61. The van der Waals surface area contributed by atoms with E-state index in [9.17, 15) is 0 Å². The Morgan fingerprint density at radius 2 is 2.33 bits per heavy atom. The number of fused-ring (bicyclic) bond motifs is 1. The van der Waals surface area contributed by atoms with Gasteiger partial charge >= 0.3 is 0 Å². The number of hydrogen-bond acceptors (Lipinski definition) is 1. The van der Waals surface area contributed by atoms with Gasteiger partial charge in [-0.15, -0.1) is 0 Å². The van der Waals surface area contributed by atoms with Gasteiger partial charge in [-0.3, -0.25) is 0 Å². The topological polar surface area (TPSA) is 17.8 Å². The van der Waals surface area contributed by atoms with Crippen LogP contribution in [0.5, 0.6) is 0 Å². The molecule has 0 radical (unpaired) electrons. The lowest BCUT2D eigenvalue weighted by Crippen LogP contribution is -1.88. The van der Waals surface area contributed by atoms with Crippen LogP contribution in [0.15, 0.2) is 22.8 Å². The highest BCUT2D eigenvalue weighted by Gasteiger charge is 2.03. The quantitative estimate of drug-likeness (QED) is 0.653. The molecule has 2 rings (SSSR count). The first kappa shape index (κ1) is 8.08. The third-order valence-corrected chi connectivity index (χ3v) is 2.87. The minimum absolute atomic E-state index is 0.504. The van der Waals surface area contributed by atoms with E-state index in [1.807, 2.05) is 29.9 Å². The molecule has 2 heterocycles. The van der Waals surface area contributed by atoms with Gasteiger partial charge in [0.05, 0.1) is 4.47 Å². The first-order valence-corrected chi connectivity index (χ1v) is 4.62. The van der Waals surface area contributed by atoms with Gasteiger partial charge in [-0.1, -0.05) is 11.6 Å². The van der Waals surface area contributed by atoms with Gasteiger partial charge < -0.3 is 4.57 Å². The Morgan fingerprint density at radius 1 is 1.58 bits per heavy atom. The van der Waals surface area contributed by atoms with Crippen LogP contribution < -0.4 is 0 Å². The normalized spacial score (nSPS) is 10.9. The summed E-state index contributed by atoms with van der Waals surface area (Å²) in [4.78, 5) is 4.22. The van der Waals surface area contributed by atoms with E-state index in [4.69, 9.17) is 11.6 Å². The molecule has 0 saturated heterocycles. The van der Waals surface area contributed by atoms with Gasteiger partial charge in [-0.2, -0.15) is 0 Å². The van der Waals surface area contributed by atoms with Crippen LogP contribution in [-0.2, 0) is 7.05 Å². The van der Waals surface area contributed by atoms with Gasteiger partial charge in [0.1, 0.15) is 10.8 Å². The molecule has 0 bridgehead atoms. The van der Waals surface area contributed by atoms with Gasteiger partial charge in [0.25, 0.3) is 0 Å². The summed E-state index contributed by atoms with van der Waals surface area (Å²) in [5.41, 5.74) is 0.906. The van der Waals surface area contributed by atoms with E-state index in [0.717, 1.165) is 15.5 Å². The molecule has 0 atom stereocenters. The molecule has 0 aliphatic heterocycles. The van der Waals surface area contributed by atoms with E-state index in [1.165, 1.54) is 0 Å². The Hall–Kier alpha value is -0.540. The molecule has 0 fully saturated rings. The maximum atomic E-state index is 5.85. The van der Waals surface area contributed by atoms with E-state index >= 15 is 0 Å². The number of hydrogen-bond donors (Lipinski definition) is 0. The summed E-state index contributed by atoms with van der Waals surface area (Å²) in [7, 11) is 1.94. The number of aryl methyl sites for hydroxylation is 1. The summed E-state index contributed by atoms with van der Waals surface area (Å²) < 4.78 is 2.77. The predicted molar refractivity (Wildman–Crippen MR) is 53.4 cm³/mol. The first-order chi connectivity index (χ1) is 5.68. The summed E-state index contributed by atoms with van der Waals surface area (Å²) >= 11 is 9.17. The summed E-state index contributed by atoms with van der Waals surface area (Å²) in [5, 5.41) is 1.60. The first-order valence-electron chi connectivity index (χ1n) is 3.45. The third-order valence-electron chi connectivity index (χ3n) is 1.75. The van der Waals surface area contributed by atoms with Crippen molar-refractivity contribution in [1.29, 1.82) is 0 Å². The molecule has 62 valence electrons. The van der Waals surface area contributed by atoms with Gasteiger partial charge in [-0.25, -0.2) is 4.98 Å². The van der Waals surface area contributed by atoms with Gasteiger partial charge in [0.15, 0.2) is 0 Å². The molecule has 0 aliphatic carbocycles. The van der Waals surface area contributed by atoms with Crippen molar-refractivity contribution in [3.05, 3.63) is 28.0 Å². The number of pyridine rings is 1. The van der Waals surface area contributed by atoms with Crippen molar-refractivity contribution in [2.45, 2.75) is 0 Å². The van der Waals surface area contributed by atoms with Crippen molar-refractivity contribution < 1.29 is 0 Å². The van der Waals surface area contributed by atoms with Crippen molar-refractivity contribution in [3.8, 4) is 0 Å². The van der Waals surface area contributed by atoms with E-state index in [0.29, 0.717) is 5.15 Å². The van der Waals surface area contributed by atoms with E-state index in [2.05, 4.69) is 20.9 Å². The molecule has 12 heavy (non-hydrogen) atoms. The van der Waals surface area contributed by atoms with Crippen LogP contribution in [-0.4, -0.2) is 9.55 Å². The molecule has 4 heteroatoms. The number of halogens is 2. The molecule has 2 aromatic rings. The zero-order valence-electron chi connectivity index (χ0n) is 6.38. The Labute approximate surface area is 83.3 Å². The molecule has 0 amide bonds. The molecule has 2 nitrogen and oxygen atoms in total. The minimum atomic E-state index is 0.504. The number of rotatable bonds is 0.